The van der Waals surface area contributed by atoms with Crippen molar-refractivity contribution in [1.82, 2.24) is 9.21 Å². The minimum atomic E-state index is -3.51. The molecular weight excluding hydrogens is 352 g/mol. The number of rotatable bonds is 4. The molecule has 0 aliphatic carbocycles. The van der Waals surface area contributed by atoms with Crippen molar-refractivity contribution in [1.29, 1.82) is 0 Å². The first-order valence-corrected chi connectivity index (χ1v) is 9.59. The Labute approximate surface area is 145 Å². The summed E-state index contributed by atoms with van der Waals surface area (Å²) in [5.74, 6) is -2.17. The van der Waals surface area contributed by atoms with Gasteiger partial charge in [0.25, 0.3) is 5.91 Å². The second kappa shape index (κ2) is 7.14. The molecule has 3 heterocycles. The molecule has 10 heteroatoms. The molecule has 1 N–H and O–H groups in total. The summed E-state index contributed by atoms with van der Waals surface area (Å²) in [4.78, 5) is 24.8. The smallest absolute Gasteiger partial charge is 0.371 e. The van der Waals surface area contributed by atoms with Gasteiger partial charge in [0, 0.05) is 26.2 Å². The van der Waals surface area contributed by atoms with Gasteiger partial charge in [-0.15, -0.1) is 0 Å². The minimum absolute atomic E-state index is 0.0711. The van der Waals surface area contributed by atoms with E-state index in [4.69, 9.17) is 14.3 Å². The van der Waals surface area contributed by atoms with Crippen LogP contribution in [0.25, 0.3) is 0 Å². The van der Waals surface area contributed by atoms with Crippen LogP contribution in [0.3, 0.4) is 0 Å². The predicted octanol–water partition coefficient (Wildman–Crippen LogP) is 0.244. The normalized spacial score (nSPS) is 22.7. The van der Waals surface area contributed by atoms with Crippen LogP contribution in [-0.4, -0.2) is 79.2 Å². The Morgan fingerprint density at radius 3 is 2.44 bits per heavy atom. The second-order valence-electron chi connectivity index (χ2n) is 6.04. The van der Waals surface area contributed by atoms with Gasteiger partial charge in [-0.1, -0.05) is 0 Å². The summed E-state index contributed by atoms with van der Waals surface area (Å²) in [5.41, 5.74) is 0. The molecule has 2 aliphatic heterocycles. The van der Waals surface area contributed by atoms with Gasteiger partial charge < -0.3 is 19.2 Å². The van der Waals surface area contributed by atoms with Crippen molar-refractivity contribution in [3.05, 3.63) is 23.7 Å². The third-order valence-corrected chi connectivity index (χ3v) is 6.76. The van der Waals surface area contributed by atoms with E-state index in [1.54, 1.807) is 0 Å². The lowest BCUT2D eigenvalue weighted by atomic mass is 10.1. The Hall–Kier alpha value is -1.91. The first-order valence-electron chi connectivity index (χ1n) is 8.08. The van der Waals surface area contributed by atoms with Crippen molar-refractivity contribution in [2.45, 2.75) is 18.1 Å². The number of hydrogen-bond donors (Lipinski definition) is 1. The van der Waals surface area contributed by atoms with Gasteiger partial charge >= 0.3 is 5.97 Å². The van der Waals surface area contributed by atoms with Gasteiger partial charge in [0.15, 0.2) is 5.76 Å². The van der Waals surface area contributed by atoms with Crippen molar-refractivity contribution >= 4 is 21.9 Å². The summed E-state index contributed by atoms with van der Waals surface area (Å²) >= 11 is 0. The summed E-state index contributed by atoms with van der Waals surface area (Å²) in [7, 11) is -3.51. The first-order chi connectivity index (χ1) is 11.9. The molecule has 0 spiro atoms. The Kier molecular flexibility index (Phi) is 5.11. The van der Waals surface area contributed by atoms with Crippen LogP contribution in [0.4, 0.5) is 0 Å². The fourth-order valence-corrected chi connectivity index (χ4v) is 5.01. The molecule has 0 saturated carbocycles. The Morgan fingerprint density at radius 2 is 1.80 bits per heavy atom. The zero-order valence-corrected chi connectivity index (χ0v) is 14.4. The summed E-state index contributed by atoms with van der Waals surface area (Å²) in [6.07, 6.45) is 1.05. The molecule has 1 amide bonds. The van der Waals surface area contributed by atoms with Crippen molar-refractivity contribution in [2.24, 2.45) is 0 Å². The van der Waals surface area contributed by atoms with Crippen LogP contribution >= 0.6 is 0 Å². The molecule has 1 atom stereocenters. The number of hydrogen-bond acceptors (Lipinski definition) is 6. The van der Waals surface area contributed by atoms with E-state index in [1.807, 2.05) is 0 Å². The Bertz CT molecular complexity index is 752. The van der Waals surface area contributed by atoms with Gasteiger partial charge in [-0.3, -0.25) is 4.79 Å². The van der Waals surface area contributed by atoms with Crippen molar-refractivity contribution < 1.29 is 32.3 Å². The van der Waals surface area contributed by atoms with Crippen LogP contribution in [0.2, 0.25) is 0 Å². The van der Waals surface area contributed by atoms with E-state index in [9.17, 15) is 18.0 Å². The second-order valence-corrected chi connectivity index (χ2v) is 8.25. The van der Waals surface area contributed by atoms with Crippen LogP contribution in [0.15, 0.2) is 16.5 Å². The molecule has 25 heavy (non-hydrogen) atoms. The number of aromatic carboxylic acids is 1. The highest BCUT2D eigenvalue weighted by Crippen LogP contribution is 2.23. The van der Waals surface area contributed by atoms with Crippen LogP contribution in [0, 0.1) is 0 Å². The number of carboxylic acids is 1. The number of morpholine rings is 1. The number of piperidine rings is 1. The molecule has 1 aromatic heterocycles. The van der Waals surface area contributed by atoms with Gasteiger partial charge in [0.05, 0.1) is 18.5 Å². The molecule has 2 fully saturated rings. The first kappa shape index (κ1) is 17.9. The van der Waals surface area contributed by atoms with Crippen LogP contribution in [0.1, 0.15) is 34.0 Å². The highest BCUT2D eigenvalue weighted by atomic mass is 32.2. The molecule has 2 saturated heterocycles. The lowest BCUT2D eigenvalue weighted by Gasteiger charge is -2.36. The number of ether oxygens (including phenoxy) is 1. The maximum absolute atomic E-state index is 12.8. The number of amides is 1. The fraction of sp³-hybridized carbons (Fsp3) is 0.600. The van der Waals surface area contributed by atoms with E-state index in [0.29, 0.717) is 45.7 Å². The molecule has 1 unspecified atom stereocenters. The van der Waals surface area contributed by atoms with Crippen molar-refractivity contribution in [3.63, 3.8) is 0 Å². The summed E-state index contributed by atoms with van der Waals surface area (Å²) < 4.78 is 37.2. The molecule has 1 aromatic rings. The SMILES string of the molecule is O=C(O)c1ccc(C(=O)N2CCCC(S(=O)(=O)N3CCOCC3)C2)o1. The summed E-state index contributed by atoms with van der Waals surface area (Å²) in [6.45, 7) is 1.89. The predicted molar refractivity (Wildman–Crippen MR) is 85.9 cm³/mol. The monoisotopic (exact) mass is 372 g/mol. The summed E-state index contributed by atoms with van der Waals surface area (Å²) in [5, 5.41) is 8.20. The number of carbonyl (C=O) groups is 2. The zero-order valence-electron chi connectivity index (χ0n) is 13.6. The molecular formula is C15H20N2O7S. The van der Waals surface area contributed by atoms with Gasteiger partial charge in [0.1, 0.15) is 0 Å². The maximum atomic E-state index is 12.8. The molecule has 9 nitrogen and oxygen atoms in total. The van der Waals surface area contributed by atoms with Crippen molar-refractivity contribution in [2.75, 3.05) is 39.4 Å². The lowest BCUT2D eigenvalue weighted by Crippen LogP contribution is -2.51. The largest absolute Gasteiger partial charge is 0.475 e. The standard InChI is InChI=1S/C15H20N2O7S/c18-14(12-3-4-13(24-12)15(19)20)16-5-1-2-11(10-16)25(21,22)17-6-8-23-9-7-17/h3-4,11H,1-2,5-10H2,(H,19,20). The lowest BCUT2D eigenvalue weighted by molar-refractivity contribution is 0.0637. The van der Waals surface area contributed by atoms with Gasteiger partial charge in [-0.2, -0.15) is 4.31 Å². The van der Waals surface area contributed by atoms with Gasteiger partial charge in [-0.05, 0) is 25.0 Å². The van der Waals surface area contributed by atoms with Gasteiger partial charge in [-0.25, -0.2) is 13.2 Å². The maximum Gasteiger partial charge on any atom is 0.371 e. The fourth-order valence-electron chi connectivity index (χ4n) is 3.10. The van der Waals surface area contributed by atoms with Crippen LogP contribution in [0.5, 0.6) is 0 Å². The number of carboxylic acid groups (broad SMARTS) is 1. The van der Waals surface area contributed by atoms with Crippen molar-refractivity contribution in [3.8, 4) is 0 Å². The quantitative estimate of drug-likeness (QED) is 0.805. The zero-order chi connectivity index (χ0) is 18.0. The average Bonchev–Trinajstić information content (AvgIpc) is 3.12. The number of likely N-dealkylation sites (tertiary alicyclic amines) is 1. The van der Waals surface area contributed by atoms with Gasteiger partial charge in [0.2, 0.25) is 15.8 Å². The molecule has 0 aromatic carbocycles. The number of nitrogens with zero attached hydrogens (tertiary/aromatic N) is 2. The molecule has 138 valence electrons. The number of sulfonamides is 1. The summed E-state index contributed by atoms with van der Waals surface area (Å²) in [6, 6.07) is 2.51. The van der Waals surface area contributed by atoms with E-state index in [0.717, 1.165) is 0 Å². The molecule has 0 radical (unpaired) electrons. The third-order valence-electron chi connectivity index (χ3n) is 4.44. The van der Waals surface area contributed by atoms with E-state index in [1.165, 1.54) is 21.3 Å². The van der Waals surface area contributed by atoms with Crippen LogP contribution < -0.4 is 0 Å². The average molecular weight is 372 g/mol. The van der Waals surface area contributed by atoms with E-state index in [-0.39, 0.29) is 18.1 Å². The number of furan rings is 1. The topological polar surface area (TPSA) is 117 Å². The molecule has 2 aliphatic rings. The molecule has 3 rings (SSSR count). The highest BCUT2D eigenvalue weighted by Gasteiger charge is 2.37. The minimum Gasteiger partial charge on any atom is -0.475 e. The number of carbonyl (C=O) groups excluding carboxylic acids is 1. The van der Waals surface area contributed by atoms with Crippen LogP contribution in [-0.2, 0) is 14.8 Å². The van der Waals surface area contributed by atoms with E-state index in [2.05, 4.69) is 0 Å². The highest BCUT2D eigenvalue weighted by molar-refractivity contribution is 7.89. The Morgan fingerprint density at radius 1 is 1.12 bits per heavy atom. The molecule has 0 bridgehead atoms. The third kappa shape index (κ3) is 3.70. The van der Waals surface area contributed by atoms with E-state index >= 15 is 0 Å². The Balaban J connectivity index is 1.71. The van der Waals surface area contributed by atoms with E-state index < -0.39 is 27.1 Å².